The number of halogens is 2. The van der Waals surface area contributed by atoms with Crippen molar-refractivity contribution >= 4 is 26.8 Å². The number of ketones is 1. The third-order valence-corrected chi connectivity index (χ3v) is 9.28. The molecule has 1 aromatic heterocycles. The highest BCUT2D eigenvalue weighted by Gasteiger charge is 2.38. The predicted molar refractivity (Wildman–Crippen MR) is 132 cm³/mol. The molecule has 6 nitrogen and oxygen atoms in total. The molecule has 2 fully saturated rings. The topological polar surface area (TPSA) is 72.3 Å². The Hall–Kier alpha value is -1.87. The van der Waals surface area contributed by atoms with Crippen LogP contribution >= 0.6 is 0 Å². The molecule has 194 valence electrons. The van der Waals surface area contributed by atoms with Crippen LogP contribution in [-0.4, -0.2) is 47.1 Å². The highest BCUT2D eigenvalue weighted by Crippen LogP contribution is 2.38. The summed E-state index contributed by atoms with van der Waals surface area (Å²) in [4.78, 5) is 16.6. The first-order valence-electron chi connectivity index (χ1n) is 12.7. The number of benzene rings is 1. The number of alkyl halides is 2. The fraction of sp³-hybridized carbons (Fsp3) is 0.692. The summed E-state index contributed by atoms with van der Waals surface area (Å²) >= 11 is 0. The smallest absolute Gasteiger partial charge is 0.248 e. The van der Waals surface area contributed by atoms with Gasteiger partial charge in [0.1, 0.15) is 11.6 Å². The Morgan fingerprint density at radius 1 is 1.14 bits per heavy atom. The largest absolute Gasteiger partial charge is 0.327 e. The average Bonchev–Trinajstić information content (AvgIpc) is 3.12. The number of sulfonamides is 1. The van der Waals surface area contributed by atoms with E-state index in [4.69, 9.17) is 4.98 Å². The lowest BCUT2D eigenvalue weighted by Gasteiger charge is -2.38. The SMILES string of the molecule is CCC(=O)CCC1CN(S(=O)(=O)c2ccc3c(c2)nc(C(C)(C)C)n3CC2CCC(F)(F)CC2)C1. The van der Waals surface area contributed by atoms with Crippen LogP contribution in [-0.2, 0) is 26.8 Å². The molecule has 0 amide bonds. The van der Waals surface area contributed by atoms with Crippen molar-refractivity contribution in [3.05, 3.63) is 24.0 Å². The standard InChI is InChI=1S/C26H37F2N3O3S/c1-5-20(32)7-6-19-15-30(16-19)35(33,34)21-8-9-23-22(14-21)29-24(25(2,3)4)31(23)17-18-10-12-26(27,28)13-11-18/h8-9,14,18-19H,5-7,10-13,15-17H2,1-4H3. The molecule has 0 bridgehead atoms. The molecule has 1 aromatic carbocycles. The summed E-state index contributed by atoms with van der Waals surface area (Å²) in [5, 5.41) is 0. The van der Waals surface area contributed by atoms with Crippen LogP contribution in [0.5, 0.6) is 0 Å². The number of imidazole rings is 1. The molecule has 2 aromatic rings. The number of hydrogen-bond acceptors (Lipinski definition) is 4. The molecule has 2 heterocycles. The number of rotatable bonds is 8. The van der Waals surface area contributed by atoms with Crippen LogP contribution in [0.2, 0.25) is 0 Å². The summed E-state index contributed by atoms with van der Waals surface area (Å²) in [5.74, 6) is -1.15. The minimum atomic E-state index is -3.63. The normalized spacial score (nSPS) is 20.3. The first-order chi connectivity index (χ1) is 16.3. The van der Waals surface area contributed by atoms with Crippen molar-refractivity contribution in [2.24, 2.45) is 11.8 Å². The van der Waals surface area contributed by atoms with E-state index in [2.05, 4.69) is 25.3 Å². The quantitative estimate of drug-likeness (QED) is 0.468. The maximum atomic E-state index is 13.7. The molecule has 0 spiro atoms. The first-order valence-corrected chi connectivity index (χ1v) is 14.1. The zero-order valence-electron chi connectivity index (χ0n) is 21.2. The van der Waals surface area contributed by atoms with E-state index < -0.39 is 15.9 Å². The van der Waals surface area contributed by atoms with Gasteiger partial charge < -0.3 is 4.57 Å². The molecule has 1 aliphatic carbocycles. The first kappa shape index (κ1) is 26.2. The fourth-order valence-corrected chi connectivity index (χ4v) is 6.77. The van der Waals surface area contributed by atoms with E-state index in [1.165, 1.54) is 4.31 Å². The summed E-state index contributed by atoms with van der Waals surface area (Å²) < 4.78 is 57.3. The molecular formula is C26H37F2N3O3S. The maximum Gasteiger partial charge on any atom is 0.248 e. The van der Waals surface area contributed by atoms with Gasteiger partial charge in [0.2, 0.25) is 15.9 Å². The number of nitrogens with zero attached hydrogens (tertiary/aromatic N) is 3. The third-order valence-electron chi connectivity index (χ3n) is 7.46. The third kappa shape index (κ3) is 5.61. The molecule has 0 N–H and O–H groups in total. The molecule has 0 radical (unpaired) electrons. The monoisotopic (exact) mass is 509 g/mol. The van der Waals surface area contributed by atoms with E-state index in [1.807, 2.05) is 6.92 Å². The molecule has 2 aliphatic rings. The summed E-state index contributed by atoms with van der Waals surface area (Å²) in [6.45, 7) is 9.49. The highest BCUT2D eigenvalue weighted by atomic mass is 32.2. The van der Waals surface area contributed by atoms with Crippen LogP contribution in [0.15, 0.2) is 23.1 Å². The van der Waals surface area contributed by atoms with Crippen LogP contribution in [0, 0.1) is 11.8 Å². The van der Waals surface area contributed by atoms with Crippen molar-refractivity contribution in [1.29, 1.82) is 0 Å². The van der Waals surface area contributed by atoms with Gasteiger partial charge in [0, 0.05) is 50.7 Å². The second-order valence-corrected chi connectivity index (χ2v) is 13.3. The van der Waals surface area contributed by atoms with Gasteiger partial charge in [-0.05, 0) is 49.3 Å². The summed E-state index contributed by atoms with van der Waals surface area (Å²) in [6.07, 6.45) is 2.54. The minimum absolute atomic E-state index is 0.0824. The van der Waals surface area contributed by atoms with Crippen molar-refractivity contribution in [3.63, 3.8) is 0 Å². The van der Waals surface area contributed by atoms with Crippen molar-refractivity contribution in [2.75, 3.05) is 13.1 Å². The van der Waals surface area contributed by atoms with Gasteiger partial charge in [0.15, 0.2) is 0 Å². The highest BCUT2D eigenvalue weighted by molar-refractivity contribution is 7.89. The lowest BCUT2D eigenvalue weighted by Crippen LogP contribution is -2.49. The van der Waals surface area contributed by atoms with Crippen LogP contribution in [0.3, 0.4) is 0 Å². The van der Waals surface area contributed by atoms with Gasteiger partial charge in [-0.25, -0.2) is 22.2 Å². The van der Waals surface area contributed by atoms with E-state index in [9.17, 15) is 22.0 Å². The summed E-state index contributed by atoms with van der Waals surface area (Å²) in [6, 6.07) is 5.07. The van der Waals surface area contributed by atoms with Gasteiger partial charge in [-0.1, -0.05) is 27.7 Å². The zero-order valence-corrected chi connectivity index (χ0v) is 22.0. The van der Waals surface area contributed by atoms with Crippen LogP contribution in [0.25, 0.3) is 11.0 Å². The second kappa shape index (κ2) is 9.54. The van der Waals surface area contributed by atoms with Crippen molar-refractivity contribution in [1.82, 2.24) is 13.9 Å². The molecular weight excluding hydrogens is 472 g/mol. The Kier molecular flexibility index (Phi) is 7.14. The van der Waals surface area contributed by atoms with Gasteiger partial charge in [-0.2, -0.15) is 4.31 Å². The number of carbonyl (C=O) groups excluding carboxylic acids is 1. The van der Waals surface area contributed by atoms with Gasteiger partial charge in [0.05, 0.1) is 15.9 Å². The Morgan fingerprint density at radius 2 is 1.80 bits per heavy atom. The minimum Gasteiger partial charge on any atom is -0.327 e. The van der Waals surface area contributed by atoms with Gasteiger partial charge in [0.25, 0.3) is 0 Å². The average molecular weight is 510 g/mol. The maximum absolute atomic E-state index is 13.7. The molecule has 0 atom stereocenters. The molecule has 1 saturated carbocycles. The molecule has 4 rings (SSSR count). The molecule has 1 saturated heterocycles. The number of carbonyl (C=O) groups is 1. The Labute approximate surface area is 207 Å². The van der Waals surface area contributed by atoms with E-state index in [0.717, 1.165) is 17.8 Å². The van der Waals surface area contributed by atoms with Crippen LogP contribution < -0.4 is 0 Å². The van der Waals surface area contributed by atoms with Crippen molar-refractivity contribution < 1.29 is 22.0 Å². The Balaban J connectivity index is 1.55. The fourth-order valence-electron chi connectivity index (χ4n) is 5.16. The zero-order chi connectivity index (χ0) is 25.6. The van der Waals surface area contributed by atoms with E-state index >= 15 is 0 Å². The molecule has 0 unspecified atom stereocenters. The number of fused-ring (bicyclic) bond motifs is 1. The van der Waals surface area contributed by atoms with Crippen LogP contribution in [0.4, 0.5) is 8.78 Å². The molecule has 1 aliphatic heterocycles. The second-order valence-electron chi connectivity index (χ2n) is 11.4. The lowest BCUT2D eigenvalue weighted by molar-refractivity contribution is -0.119. The van der Waals surface area contributed by atoms with Gasteiger partial charge in [-0.3, -0.25) is 4.79 Å². The summed E-state index contributed by atoms with van der Waals surface area (Å²) in [7, 11) is -3.63. The van der Waals surface area contributed by atoms with E-state index in [-0.39, 0.29) is 40.8 Å². The van der Waals surface area contributed by atoms with Crippen molar-refractivity contribution in [2.45, 2.75) is 95.4 Å². The Bertz CT molecular complexity index is 1180. The van der Waals surface area contributed by atoms with Crippen molar-refractivity contribution in [3.8, 4) is 0 Å². The number of hydrogen-bond donors (Lipinski definition) is 0. The number of Topliss-reactive ketones (excluding diaryl/α,β-unsaturated/α-hetero) is 1. The van der Waals surface area contributed by atoms with Gasteiger partial charge in [-0.15, -0.1) is 0 Å². The lowest BCUT2D eigenvalue weighted by atomic mass is 9.86. The predicted octanol–water partition coefficient (Wildman–Crippen LogP) is 5.54. The molecule has 9 heteroatoms. The summed E-state index contributed by atoms with van der Waals surface area (Å²) in [5.41, 5.74) is 1.17. The number of aromatic nitrogens is 2. The van der Waals surface area contributed by atoms with E-state index in [0.29, 0.717) is 50.8 Å². The van der Waals surface area contributed by atoms with Gasteiger partial charge >= 0.3 is 0 Å². The van der Waals surface area contributed by atoms with E-state index in [1.54, 1.807) is 18.2 Å². The van der Waals surface area contributed by atoms with Crippen LogP contribution in [0.1, 0.15) is 78.5 Å². The Morgan fingerprint density at radius 3 is 2.40 bits per heavy atom. The molecule has 35 heavy (non-hydrogen) atoms.